The van der Waals surface area contributed by atoms with Crippen LogP contribution >= 0.6 is 7.82 Å². The molecule has 8 nitrogen and oxygen atoms in total. The molecule has 3 N–H and O–H groups in total. The van der Waals surface area contributed by atoms with Crippen molar-refractivity contribution in [1.82, 2.24) is 5.32 Å². The van der Waals surface area contributed by atoms with Crippen LogP contribution in [0.25, 0.3) is 0 Å². The lowest BCUT2D eigenvalue weighted by Crippen LogP contribution is -2.45. The lowest BCUT2D eigenvalue weighted by atomic mass is 10.0. The number of aliphatic hydroxyl groups excluding tert-OH is 1. The van der Waals surface area contributed by atoms with Gasteiger partial charge in [0.05, 0.1) is 39.9 Å². The average Bonchev–Trinajstić information content (AvgIpc) is 3.45. The van der Waals surface area contributed by atoms with Gasteiger partial charge >= 0.3 is 7.82 Å². The van der Waals surface area contributed by atoms with Crippen molar-refractivity contribution in [2.45, 2.75) is 257 Å². The van der Waals surface area contributed by atoms with E-state index in [0.29, 0.717) is 17.4 Å². The summed E-state index contributed by atoms with van der Waals surface area (Å²) in [6.07, 6.45) is 96.6. The number of hydrogen-bond acceptors (Lipinski definition) is 5. The molecule has 0 rings (SSSR count). The van der Waals surface area contributed by atoms with E-state index < -0.39 is 20.0 Å². The number of rotatable bonds is 58. The number of unbranched alkanes of at least 4 members (excludes halogenated alkanes) is 21. The van der Waals surface area contributed by atoms with E-state index in [1.165, 1.54) is 103 Å². The second-order valence-corrected chi connectivity index (χ2v) is 24.2. The number of carbonyl (C=O) groups is 1. The van der Waals surface area contributed by atoms with Gasteiger partial charge in [-0.05, 0) is 122 Å². The molecule has 3 unspecified atom stereocenters. The van der Waals surface area contributed by atoms with Crippen molar-refractivity contribution in [3.05, 3.63) is 158 Å². The fraction of sp³-hybridized carbons (Fsp3) is 0.630. The Morgan fingerprint density at radius 2 is 0.744 bits per heavy atom. The van der Waals surface area contributed by atoms with Gasteiger partial charge in [0.15, 0.2) is 0 Å². The molecule has 3 atom stereocenters. The Labute approximate surface area is 505 Å². The van der Waals surface area contributed by atoms with E-state index in [4.69, 9.17) is 9.05 Å². The number of phosphoric ester groups is 1. The van der Waals surface area contributed by atoms with Crippen LogP contribution < -0.4 is 5.32 Å². The van der Waals surface area contributed by atoms with Gasteiger partial charge in [-0.15, -0.1) is 0 Å². The van der Waals surface area contributed by atoms with Crippen LogP contribution in [0.4, 0.5) is 0 Å². The van der Waals surface area contributed by atoms with Gasteiger partial charge in [-0.3, -0.25) is 13.8 Å². The zero-order chi connectivity index (χ0) is 59.8. The molecule has 0 fully saturated rings. The number of amides is 1. The molecule has 0 saturated heterocycles. The smallest absolute Gasteiger partial charge is 0.387 e. The number of hydrogen-bond donors (Lipinski definition) is 3. The normalized spacial score (nSPS) is 14.8. The lowest BCUT2D eigenvalue weighted by Gasteiger charge is -2.25. The third-order valence-corrected chi connectivity index (χ3v) is 14.7. The fourth-order valence-corrected chi connectivity index (χ4v) is 9.37. The summed E-state index contributed by atoms with van der Waals surface area (Å²) in [6, 6.07) is -0.898. The lowest BCUT2D eigenvalue weighted by molar-refractivity contribution is -0.870. The van der Waals surface area contributed by atoms with E-state index >= 15 is 0 Å². The zero-order valence-corrected chi connectivity index (χ0v) is 54.1. The zero-order valence-electron chi connectivity index (χ0n) is 53.2. The highest BCUT2D eigenvalue weighted by Crippen LogP contribution is 2.43. The van der Waals surface area contributed by atoms with Gasteiger partial charge < -0.3 is 19.8 Å². The van der Waals surface area contributed by atoms with Crippen LogP contribution in [0.5, 0.6) is 0 Å². The highest BCUT2D eigenvalue weighted by atomic mass is 31.2. The van der Waals surface area contributed by atoms with Gasteiger partial charge in [0, 0.05) is 6.42 Å². The first kappa shape index (κ1) is 78.1. The van der Waals surface area contributed by atoms with Gasteiger partial charge in [0.25, 0.3) is 0 Å². The van der Waals surface area contributed by atoms with Gasteiger partial charge in [0.1, 0.15) is 13.2 Å². The third-order valence-electron chi connectivity index (χ3n) is 13.7. The second-order valence-electron chi connectivity index (χ2n) is 22.7. The monoisotopic (exact) mass is 1160 g/mol. The van der Waals surface area contributed by atoms with Crippen molar-refractivity contribution in [3.63, 3.8) is 0 Å². The summed E-state index contributed by atoms with van der Waals surface area (Å²) < 4.78 is 23.7. The SMILES string of the molecule is CC/C=C\C/C=C\C/C=C\C/C=C\C/C=C\C/C=C\C/C=C\C/C=C\C/C=C\C/C=C\CCCCCCC(=O)NC(COP(=O)(O)OCC[N+](C)(C)C)C(O)/C=C/CC/C=C/CC/C=C/CCCCCCCCCCCCCCCCC. The quantitative estimate of drug-likeness (QED) is 0.0243. The Balaban J connectivity index is 4.32. The van der Waals surface area contributed by atoms with E-state index in [-0.39, 0.29) is 19.1 Å². The van der Waals surface area contributed by atoms with Gasteiger partial charge in [-0.25, -0.2) is 4.57 Å². The Morgan fingerprint density at radius 1 is 0.427 bits per heavy atom. The summed E-state index contributed by atoms with van der Waals surface area (Å²) in [6.45, 7) is 4.65. The first-order chi connectivity index (χ1) is 40.0. The summed E-state index contributed by atoms with van der Waals surface area (Å²) in [5, 5.41) is 13.9. The van der Waals surface area contributed by atoms with E-state index in [2.05, 4.69) is 165 Å². The Bertz CT molecular complexity index is 1890. The Kier molecular flexibility index (Phi) is 58.8. The van der Waals surface area contributed by atoms with Crippen molar-refractivity contribution in [2.75, 3.05) is 40.9 Å². The van der Waals surface area contributed by atoms with Gasteiger partial charge in [0.2, 0.25) is 5.91 Å². The van der Waals surface area contributed by atoms with E-state index in [0.717, 1.165) is 122 Å². The number of likely N-dealkylation sites (N-methyl/N-ethyl adjacent to an activating group) is 1. The molecule has 1 amide bonds. The number of nitrogens with zero attached hydrogens (tertiary/aromatic N) is 1. The highest BCUT2D eigenvalue weighted by molar-refractivity contribution is 7.47. The summed E-state index contributed by atoms with van der Waals surface area (Å²) in [4.78, 5) is 23.4. The molecule has 0 heterocycles. The van der Waals surface area contributed by atoms with E-state index in [1.54, 1.807) is 6.08 Å². The van der Waals surface area contributed by atoms with Crippen LogP contribution in [-0.2, 0) is 18.4 Å². The fourth-order valence-electron chi connectivity index (χ4n) is 8.63. The van der Waals surface area contributed by atoms with Crippen LogP contribution in [0.1, 0.15) is 245 Å². The summed E-state index contributed by atoms with van der Waals surface area (Å²) in [5.74, 6) is -0.221. The minimum atomic E-state index is -4.38. The minimum absolute atomic E-state index is 0.0393. The van der Waals surface area contributed by atoms with E-state index in [1.807, 2.05) is 27.2 Å². The molecule has 0 aromatic rings. The van der Waals surface area contributed by atoms with Crippen LogP contribution in [0.3, 0.4) is 0 Å². The van der Waals surface area contributed by atoms with E-state index in [9.17, 15) is 19.4 Å². The van der Waals surface area contributed by atoms with Crippen molar-refractivity contribution in [3.8, 4) is 0 Å². The van der Waals surface area contributed by atoms with Crippen molar-refractivity contribution >= 4 is 13.7 Å². The number of allylic oxidation sites excluding steroid dienone is 25. The van der Waals surface area contributed by atoms with Gasteiger partial charge in [-0.2, -0.15) is 0 Å². The number of nitrogens with one attached hydrogen (secondary N) is 1. The third kappa shape index (κ3) is 63.7. The van der Waals surface area contributed by atoms with Crippen LogP contribution in [0, 0.1) is 0 Å². The molecule has 0 saturated carbocycles. The predicted octanol–water partition coefficient (Wildman–Crippen LogP) is 21.0. The molecule has 0 aliphatic heterocycles. The number of phosphoric acid groups is 1. The van der Waals surface area contributed by atoms with Gasteiger partial charge in [-0.1, -0.05) is 275 Å². The molecule has 0 bridgehead atoms. The molecule has 0 aromatic carbocycles. The minimum Gasteiger partial charge on any atom is -0.387 e. The molecule has 0 aliphatic rings. The molecular formula is C73H124N2O6P+. The highest BCUT2D eigenvalue weighted by Gasteiger charge is 2.27. The first-order valence-electron chi connectivity index (χ1n) is 32.9. The summed E-state index contributed by atoms with van der Waals surface area (Å²) in [5.41, 5.74) is 0. The van der Waals surface area contributed by atoms with Crippen LogP contribution in [-0.4, -0.2) is 73.4 Å². The van der Waals surface area contributed by atoms with Crippen LogP contribution in [0.2, 0.25) is 0 Å². The number of carbonyl (C=O) groups excluding carboxylic acids is 1. The number of aliphatic hydroxyl groups is 1. The second kappa shape index (κ2) is 61.7. The molecular weight excluding hydrogens is 1030 g/mol. The largest absolute Gasteiger partial charge is 0.472 e. The predicted molar refractivity (Wildman–Crippen MR) is 359 cm³/mol. The molecule has 0 radical (unpaired) electrons. The van der Waals surface area contributed by atoms with Crippen molar-refractivity contribution < 1.29 is 32.9 Å². The standard InChI is InChI=1S/C73H123N2O6P/c1-6-8-10-12-14-16-18-20-22-24-26-28-30-32-33-34-35-36-37-38-39-40-41-43-45-47-49-51-53-55-57-59-61-63-65-67-73(77)74-71(70-81-82(78,79)80-69-68-75(3,4)5)72(76)66-64-62-60-58-56-54-52-50-48-46-44-42-31-29-27-25-23-21-19-17-15-13-11-9-7-2/h8,10,14,16,20,22,26,28,32-33,35-36,38-39,41,43,47-50,53,55-56,58,64,66,71-72,76H,6-7,9,11-13,15,17-19,21,23-25,27,29-31,34,37,40,42,44-46,51-52,54,57,59-63,65,67-70H2,1-5H3,(H-,74,77,78,79)/p+1/b10-8-,16-14-,22-20-,28-26-,33-32-,36-35-,39-38-,43-41-,49-47-,50-48+,55-53-,58-56+,66-64+. The first-order valence-corrected chi connectivity index (χ1v) is 34.4. The summed E-state index contributed by atoms with van der Waals surface area (Å²) >= 11 is 0. The molecule has 0 aromatic heterocycles. The molecule has 0 spiro atoms. The number of quaternary nitrogens is 1. The average molecular weight is 1160 g/mol. The molecule has 466 valence electrons. The van der Waals surface area contributed by atoms with Crippen molar-refractivity contribution in [1.29, 1.82) is 0 Å². The van der Waals surface area contributed by atoms with Crippen LogP contribution in [0.15, 0.2) is 158 Å². The molecule has 9 heteroatoms. The maximum absolute atomic E-state index is 13.0. The Hall–Kier alpha value is -3.88. The Morgan fingerprint density at radius 3 is 1.12 bits per heavy atom. The topological polar surface area (TPSA) is 105 Å². The maximum Gasteiger partial charge on any atom is 0.472 e. The summed E-state index contributed by atoms with van der Waals surface area (Å²) in [7, 11) is 1.51. The maximum atomic E-state index is 13.0. The molecule has 82 heavy (non-hydrogen) atoms. The molecule has 0 aliphatic carbocycles. The van der Waals surface area contributed by atoms with Crippen molar-refractivity contribution in [2.24, 2.45) is 0 Å².